The van der Waals surface area contributed by atoms with E-state index in [9.17, 15) is 13.6 Å². The Balaban J connectivity index is 2.54. The Morgan fingerprint density at radius 2 is 1.89 bits per heavy atom. The van der Waals surface area contributed by atoms with Gasteiger partial charge in [0.25, 0.3) is 5.91 Å². The number of unbranched alkanes of at least 4 members (excludes halogenated alkanes) is 2. The Bertz CT molecular complexity index is 427. The van der Waals surface area contributed by atoms with Crippen LogP contribution in [0, 0.1) is 11.6 Å². The van der Waals surface area contributed by atoms with Crippen molar-refractivity contribution in [1.29, 1.82) is 0 Å². The summed E-state index contributed by atoms with van der Waals surface area (Å²) >= 11 is 10.9. The molecule has 6 heteroatoms. The van der Waals surface area contributed by atoms with Crippen LogP contribution in [-0.2, 0) is 0 Å². The highest BCUT2D eigenvalue weighted by Crippen LogP contribution is 2.19. The third kappa shape index (κ3) is 4.42. The Hall–Kier alpha value is -0.870. The molecular weight excluding hydrogens is 283 g/mol. The van der Waals surface area contributed by atoms with Gasteiger partial charge in [-0.05, 0) is 25.0 Å². The molecule has 0 bridgehead atoms. The van der Waals surface area contributed by atoms with Gasteiger partial charge in [-0.15, -0.1) is 11.6 Å². The number of hydrogen-bond acceptors (Lipinski definition) is 1. The van der Waals surface area contributed by atoms with E-state index in [-0.39, 0.29) is 10.6 Å². The number of carbonyl (C=O) groups excluding carboxylic acids is 1. The number of hydrogen-bond donors (Lipinski definition) is 1. The molecule has 0 unspecified atom stereocenters. The highest BCUT2D eigenvalue weighted by molar-refractivity contribution is 6.30. The van der Waals surface area contributed by atoms with Crippen molar-refractivity contribution in [3.05, 3.63) is 34.4 Å². The van der Waals surface area contributed by atoms with Crippen LogP contribution >= 0.6 is 23.2 Å². The third-order valence-electron chi connectivity index (χ3n) is 2.35. The molecule has 0 fully saturated rings. The van der Waals surface area contributed by atoms with Crippen molar-refractivity contribution in [2.75, 3.05) is 12.4 Å². The molecule has 1 N–H and O–H groups in total. The molecule has 1 amide bonds. The van der Waals surface area contributed by atoms with Gasteiger partial charge >= 0.3 is 0 Å². The van der Waals surface area contributed by atoms with Gasteiger partial charge in [-0.2, -0.15) is 0 Å². The molecular formula is C12H13Cl2F2NO. The van der Waals surface area contributed by atoms with Crippen molar-refractivity contribution in [2.45, 2.75) is 19.3 Å². The van der Waals surface area contributed by atoms with Gasteiger partial charge < -0.3 is 5.32 Å². The van der Waals surface area contributed by atoms with Crippen LogP contribution in [0.25, 0.3) is 0 Å². The summed E-state index contributed by atoms with van der Waals surface area (Å²) in [6.45, 7) is 0.402. The number of halogens is 4. The lowest BCUT2D eigenvalue weighted by atomic mass is 10.2. The fraction of sp³-hybridized carbons (Fsp3) is 0.417. The monoisotopic (exact) mass is 295 g/mol. The number of amides is 1. The molecule has 1 rings (SSSR count). The average molecular weight is 296 g/mol. The Labute approximate surface area is 114 Å². The third-order valence-corrected chi connectivity index (χ3v) is 2.91. The standard InChI is InChI=1S/C12H13Cl2F2NO/c13-4-2-1-3-5-17-12(18)8-6-11(16)9(14)7-10(8)15/h6-7H,1-5H2,(H,17,18). The van der Waals surface area contributed by atoms with E-state index in [1.165, 1.54) is 0 Å². The second kappa shape index (κ2) is 7.54. The maximum Gasteiger partial charge on any atom is 0.254 e. The van der Waals surface area contributed by atoms with E-state index < -0.39 is 17.5 Å². The number of benzene rings is 1. The van der Waals surface area contributed by atoms with E-state index in [0.29, 0.717) is 12.4 Å². The van der Waals surface area contributed by atoms with Gasteiger partial charge in [0.05, 0.1) is 10.6 Å². The zero-order chi connectivity index (χ0) is 13.5. The smallest absolute Gasteiger partial charge is 0.254 e. The second-order valence-electron chi connectivity index (χ2n) is 3.75. The first-order chi connectivity index (χ1) is 8.56. The molecule has 0 aliphatic carbocycles. The lowest BCUT2D eigenvalue weighted by Crippen LogP contribution is -2.25. The van der Waals surface area contributed by atoms with Crippen LogP contribution in [0.3, 0.4) is 0 Å². The summed E-state index contributed by atoms with van der Waals surface area (Å²) in [4.78, 5) is 11.6. The van der Waals surface area contributed by atoms with E-state index in [1.54, 1.807) is 0 Å². The van der Waals surface area contributed by atoms with Crippen molar-refractivity contribution in [2.24, 2.45) is 0 Å². The lowest BCUT2D eigenvalue weighted by molar-refractivity contribution is 0.0948. The summed E-state index contributed by atoms with van der Waals surface area (Å²) in [5, 5.41) is 2.17. The number of rotatable bonds is 6. The second-order valence-corrected chi connectivity index (χ2v) is 4.54. The molecule has 0 aliphatic rings. The SMILES string of the molecule is O=C(NCCCCCCl)c1cc(F)c(Cl)cc1F. The van der Waals surface area contributed by atoms with Crippen LogP contribution in [0.4, 0.5) is 8.78 Å². The van der Waals surface area contributed by atoms with Crippen LogP contribution in [0.15, 0.2) is 12.1 Å². The van der Waals surface area contributed by atoms with Gasteiger partial charge in [0, 0.05) is 12.4 Å². The maximum absolute atomic E-state index is 13.4. The van der Waals surface area contributed by atoms with Crippen molar-refractivity contribution >= 4 is 29.1 Å². The van der Waals surface area contributed by atoms with E-state index >= 15 is 0 Å². The average Bonchev–Trinajstić information content (AvgIpc) is 2.33. The minimum absolute atomic E-state index is 0.339. The fourth-order valence-corrected chi connectivity index (χ4v) is 1.73. The zero-order valence-corrected chi connectivity index (χ0v) is 11.1. The molecule has 2 nitrogen and oxygen atoms in total. The Kier molecular flexibility index (Phi) is 6.36. The minimum Gasteiger partial charge on any atom is -0.352 e. The normalized spacial score (nSPS) is 10.4. The summed E-state index contributed by atoms with van der Waals surface area (Å²) < 4.78 is 26.5. The molecule has 1 aromatic rings. The van der Waals surface area contributed by atoms with E-state index in [4.69, 9.17) is 23.2 Å². The van der Waals surface area contributed by atoms with E-state index in [0.717, 1.165) is 31.4 Å². The first kappa shape index (κ1) is 15.2. The quantitative estimate of drug-likeness (QED) is 0.483. The van der Waals surface area contributed by atoms with Crippen molar-refractivity contribution in [3.8, 4) is 0 Å². The lowest BCUT2D eigenvalue weighted by Gasteiger charge is -2.06. The molecule has 18 heavy (non-hydrogen) atoms. The predicted molar refractivity (Wildman–Crippen MR) is 68.3 cm³/mol. The number of carbonyl (C=O) groups is 1. The predicted octanol–water partition coefficient (Wildman–Crippen LogP) is 3.76. The summed E-state index contributed by atoms with van der Waals surface area (Å²) in [7, 11) is 0. The van der Waals surface area contributed by atoms with Gasteiger partial charge in [-0.1, -0.05) is 18.0 Å². The van der Waals surface area contributed by atoms with E-state index in [2.05, 4.69) is 5.32 Å². The zero-order valence-electron chi connectivity index (χ0n) is 9.61. The molecule has 0 saturated carbocycles. The van der Waals surface area contributed by atoms with Crippen LogP contribution in [0.1, 0.15) is 29.6 Å². The Morgan fingerprint density at radius 3 is 2.56 bits per heavy atom. The number of nitrogens with one attached hydrogen (secondary N) is 1. The van der Waals surface area contributed by atoms with Gasteiger partial charge in [-0.3, -0.25) is 4.79 Å². The molecule has 0 aliphatic heterocycles. The number of alkyl halides is 1. The topological polar surface area (TPSA) is 29.1 Å². The van der Waals surface area contributed by atoms with Crippen LogP contribution in [0.2, 0.25) is 5.02 Å². The highest BCUT2D eigenvalue weighted by atomic mass is 35.5. The molecule has 100 valence electrons. The summed E-state index contributed by atoms with van der Waals surface area (Å²) in [5.41, 5.74) is -0.339. The largest absolute Gasteiger partial charge is 0.352 e. The highest BCUT2D eigenvalue weighted by Gasteiger charge is 2.14. The molecule has 0 aromatic heterocycles. The van der Waals surface area contributed by atoms with Crippen LogP contribution in [-0.4, -0.2) is 18.3 Å². The minimum atomic E-state index is -0.834. The maximum atomic E-state index is 13.4. The molecule has 1 aromatic carbocycles. The van der Waals surface area contributed by atoms with Crippen molar-refractivity contribution < 1.29 is 13.6 Å². The molecule has 0 atom stereocenters. The van der Waals surface area contributed by atoms with Crippen LogP contribution in [0.5, 0.6) is 0 Å². The first-order valence-corrected chi connectivity index (χ1v) is 6.46. The molecule has 0 radical (unpaired) electrons. The summed E-state index contributed by atoms with van der Waals surface area (Å²) in [6.07, 6.45) is 2.48. The van der Waals surface area contributed by atoms with Gasteiger partial charge in [0.2, 0.25) is 0 Å². The molecule has 0 heterocycles. The summed E-state index contributed by atoms with van der Waals surface area (Å²) in [5.74, 6) is -1.72. The Morgan fingerprint density at radius 1 is 1.17 bits per heavy atom. The van der Waals surface area contributed by atoms with Crippen molar-refractivity contribution in [3.63, 3.8) is 0 Å². The van der Waals surface area contributed by atoms with Crippen molar-refractivity contribution in [1.82, 2.24) is 5.32 Å². The molecule has 0 saturated heterocycles. The summed E-state index contributed by atoms with van der Waals surface area (Å²) in [6, 6.07) is 1.59. The fourth-order valence-electron chi connectivity index (χ4n) is 1.39. The molecule has 0 spiro atoms. The van der Waals surface area contributed by atoms with E-state index in [1.807, 2.05) is 0 Å². The van der Waals surface area contributed by atoms with Gasteiger partial charge in [0.1, 0.15) is 11.6 Å². The van der Waals surface area contributed by atoms with Gasteiger partial charge in [0.15, 0.2) is 0 Å². The first-order valence-electron chi connectivity index (χ1n) is 5.55. The van der Waals surface area contributed by atoms with Gasteiger partial charge in [-0.25, -0.2) is 8.78 Å². The van der Waals surface area contributed by atoms with Crippen LogP contribution < -0.4 is 5.32 Å².